The average molecular weight is 379 g/mol. The standard InChI is InChI=1S/C20H25N7O/c1-5-15-18-14(20(3,4)12-22)10-17(26-8-9-28-11-13(26)2)24-19(18)27(25-15)16(23)6-7-21/h5-7,10,13,21H,1,8-9,11,23H2,2-4H3/t13-/m1/s1. The number of nitrogens with one attached hydrogen (secondary N) is 1. The molecule has 0 spiro atoms. The van der Waals surface area contributed by atoms with Gasteiger partial charge in [-0.05, 0) is 44.6 Å². The van der Waals surface area contributed by atoms with Crippen LogP contribution < -0.4 is 10.6 Å². The maximum absolute atomic E-state index is 9.80. The lowest BCUT2D eigenvalue weighted by Gasteiger charge is -2.35. The number of hydrogen-bond acceptors (Lipinski definition) is 7. The highest BCUT2D eigenvalue weighted by molar-refractivity contribution is 5.92. The Bertz CT molecular complexity index is 996. The lowest BCUT2D eigenvalue weighted by molar-refractivity contribution is 0.0985. The normalized spacial score (nSPS) is 18.1. The maximum atomic E-state index is 9.80. The van der Waals surface area contributed by atoms with Crippen LogP contribution in [-0.2, 0) is 10.2 Å². The lowest BCUT2D eigenvalue weighted by atomic mass is 9.84. The van der Waals surface area contributed by atoms with Gasteiger partial charge in [0.2, 0.25) is 0 Å². The molecule has 0 bridgehead atoms. The number of rotatable bonds is 5. The van der Waals surface area contributed by atoms with Crippen LogP contribution in [0.4, 0.5) is 5.82 Å². The van der Waals surface area contributed by atoms with Crippen molar-refractivity contribution in [3.05, 3.63) is 30.0 Å². The van der Waals surface area contributed by atoms with Crippen LogP contribution in [0.1, 0.15) is 32.0 Å². The quantitative estimate of drug-likeness (QED) is 0.771. The monoisotopic (exact) mass is 379 g/mol. The summed E-state index contributed by atoms with van der Waals surface area (Å²) in [7, 11) is 0. The van der Waals surface area contributed by atoms with E-state index in [0.717, 1.165) is 23.0 Å². The topological polar surface area (TPSA) is 117 Å². The summed E-state index contributed by atoms with van der Waals surface area (Å²) in [5, 5.41) is 22.4. The van der Waals surface area contributed by atoms with Crippen molar-refractivity contribution in [2.24, 2.45) is 5.73 Å². The summed E-state index contributed by atoms with van der Waals surface area (Å²) in [6, 6.07) is 4.50. The molecular weight excluding hydrogens is 354 g/mol. The summed E-state index contributed by atoms with van der Waals surface area (Å²) in [6.07, 6.45) is 4.18. The van der Waals surface area contributed by atoms with E-state index in [2.05, 4.69) is 29.6 Å². The van der Waals surface area contributed by atoms with Gasteiger partial charge in [-0.3, -0.25) is 0 Å². The Morgan fingerprint density at radius 3 is 2.89 bits per heavy atom. The largest absolute Gasteiger partial charge is 0.384 e. The summed E-state index contributed by atoms with van der Waals surface area (Å²) < 4.78 is 7.05. The first-order valence-electron chi connectivity index (χ1n) is 9.13. The van der Waals surface area contributed by atoms with E-state index in [0.29, 0.717) is 31.1 Å². The molecule has 3 heterocycles. The molecule has 3 rings (SSSR count). The summed E-state index contributed by atoms with van der Waals surface area (Å²) >= 11 is 0. The maximum Gasteiger partial charge on any atom is 0.167 e. The van der Waals surface area contributed by atoms with Crippen molar-refractivity contribution in [1.29, 1.82) is 10.7 Å². The van der Waals surface area contributed by atoms with Crippen LogP contribution >= 0.6 is 0 Å². The SMILES string of the molecule is C=Cc1nn(C(N)=CC=N)c2nc(N3CCOC[C@H]3C)cc(C(C)(C)C#N)c12. The van der Waals surface area contributed by atoms with Crippen LogP contribution in [-0.4, -0.2) is 46.8 Å². The molecule has 8 nitrogen and oxygen atoms in total. The third-order valence-corrected chi connectivity index (χ3v) is 4.96. The van der Waals surface area contributed by atoms with Gasteiger partial charge in [-0.15, -0.1) is 0 Å². The second-order valence-corrected chi connectivity index (χ2v) is 7.34. The number of ether oxygens (including phenoxy) is 1. The first-order valence-corrected chi connectivity index (χ1v) is 9.13. The van der Waals surface area contributed by atoms with Gasteiger partial charge in [0.05, 0.1) is 41.8 Å². The molecule has 3 N–H and O–H groups in total. The highest BCUT2D eigenvalue weighted by Crippen LogP contribution is 2.35. The predicted molar refractivity (Wildman–Crippen MR) is 111 cm³/mol. The minimum atomic E-state index is -0.767. The second-order valence-electron chi connectivity index (χ2n) is 7.34. The molecule has 1 saturated heterocycles. The molecule has 28 heavy (non-hydrogen) atoms. The molecule has 0 unspecified atom stereocenters. The first kappa shape index (κ1) is 19.6. The number of pyridine rings is 1. The fourth-order valence-electron chi connectivity index (χ4n) is 3.38. The smallest absolute Gasteiger partial charge is 0.167 e. The molecule has 0 aliphatic carbocycles. The highest BCUT2D eigenvalue weighted by Gasteiger charge is 2.30. The van der Waals surface area contributed by atoms with Gasteiger partial charge in [0.1, 0.15) is 11.6 Å². The first-order chi connectivity index (χ1) is 13.3. The molecule has 1 atom stereocenters. The molecule has 0 aromatic carbocycles. The fourth-order valence-corrected chi connectivity index (χ4v) is 3.38. The number of nitriles is 1. The van der Waals surface area contributed by atoms with Crippen molar-refractivity contribution in [3.63, 3.8) is 0 Å². The Morgan fingerprint density at radius 1 is 1.54 bits per heavy atom. The molecule has 1 fully saturated rings. The fraction of sp³-hybridized carbons (Fsp3) is 0.400. The zero-order valence-electron chi connectivity index (χ0n) is 16.4. The van der Waals surface area contributed by atoms with Crippen LogP contribution in [0, 0.1) is 16.7 Å². The third-order valence-electron chi connectivity index (χ3n) is 4.96. The minimum Gasteiger partial charge on any atom is -0.384 e. The molecule has 0 amide bonds. The number of allylic oxidation sites excluding steroid dienone is 1. The molecule has 146 valence electrons. The number of nitrogens with two attached hydrogens (primary N) is 1. The van der Waals surface area contributed by atoms with E-state index in [4.69, 9.17) is 20.9 Å². The average Bonchev–Trinajstić information content (AvgIpc) is 3.06. The highest BCUT2D eigenvalue weighted by atomic mass is 16.5. The van der Waals surface area contributed by atoms with E-state index in [-0.39, 0.29) is 11.9 Å². The van der Waals surface area contributed by atoms with Crippen LogP contribution in [0.15, 0.2) is 18.7 Å². The van der Waals surface area contributed by atoms with Gasteiger partial charge < -0.3 is 20.8 Å². The Hall–Kier alpha value is -3.18. The zero-order valence-corrected chi connectivity index (χ0v) is 16.4. The van der Waals surface area contributed by atoms with Gasteiger partial charge in [0.15, 0.2) is 5.65 Å². The van der Waals surface area contributed by atoms with E-state index >= 15 is 0 Å². The molecular formula is C20H25N7O. The summed E-state index contributed by atoms with van der Waals surface area (Å²) in [6.45, 7) is 11.6. The number of morpholine rings is 1. The summed E-state index contributed by atoms with van der Waals surface area (Å²) in [4.78, 5) is 7.02. The van der Waals surface area contributed by atoms with E-state index < -0.39 is 5.41 Å². The Morgan fingerprint density at radius 2 is 2.29 bits per heavy atom. The van der Waals surface area contributed by atoms with Gasteiger partial charge in [0.25, 0.3) is 0 Å². The van der Waals surface area contributed by atoms with E-state index in [9.17, 15) is 5.26 Å². The number of nitrogens with zero attached hydrogens (tertiary/aromatic N) is 5. The number of hydrogen-bond donors (Lipinski definition) is 2. The Labute approximate surface area is 164 Å². The van der Waals surface area contributed by atoms with E-state index in [1.165, 1.54) is 10.8 Å². The van der Waals surface area contributed by atoms with E-state index in [1.54, 1.807) is 6.08 Å². The minimum absolute atomic E-state index is 0.154. The van der Waals surface area contributed by atoms with Crippen LogP contribution in [0.2, 0.25) is 0 Å². The summed E-state index contributed by atoms with van der Waals surface area (Å²) in [5.41, 5.74) is 7.32. The Kier molecular flexibility index (Phi) is 5.21. The van der Waals surface area contributed by atoms with Gasteiger partial charge >= 0.3 is 0 Å². The Balaban J connectivity index is 2.37. The van der Waals surface area contributed by atoms with Crippen molar-refractivity contribution in [2.75, 3.05) is 24.7 Å². The predicted octanol–water partition coefficient (Wildman–Crippen LogP) is 2.51. The van der Waals surface area contributed by atoms with Crippen LogP contribution in [0.3, 0.4) is 0 Å². The van der Waals surface area contributed by atoms with Crippen LogP contribution in [0.25, 0.3) is 22.9 Å². The molecule has 8 heteroatoms. The van der Waals surface area contributed by atoms with Gasteiger partial charge in [-0.1, -0.05) is 6.58 Å². The van der Waals surface area contributed by atoms with Crippen molar-refractivity contribution >= 4 is 35.0 Å². The second kappa shape index (κ2) is 7.44. The molecule has 2 aromatic rings. The number of aromatic nitrogens is 3. The van der Waals surface area contributed by atoms with Crippen LogP contribution in [0.5, 0.6) is 0 Å². The van der Waals surface area contributed by atoms with Gasteiger partial charge in [-0.25, -0.2) is 4.98 Å². The van der Waals surface area contributed by atoms with Crippen molar-refractivity contribution in [2.45, 2.75) is 32.2 Å². The van der Waals surface area contributed by atoms with Crippen molar-refractivity contribution in [3.8, 4) is 6.07 Å². The van der Waals surface area contributed by atoms with Crippen molar-refractivity contribution < 1.29 is 4.74 Å². The molecule has 0 saturated carbocycles. The molecule has 0 radical (unpaired) electrons. The lowest BCUT2D eigenvalue weighted by Crippen LogP contribution is -2.44. The zero-order chi connectivity index (χ0) is 20.5. The third kappa shape index (κ3) is 3.25. The van der Waals surface area contributed by atoms with E-state index in [1.807, 2.05) is 19.9 Å². The van der Waals surface area contributed by atoms with Gasteiger partial charge in [-0.2, -0.15) is 15.0 Å². The summed E-state index contributed by atoms with van der Waals surface area (Å²) in [5.74, 6) is 1.02. The molecule has 1 aliphatic rings. The van der Waals surface area contributed by atoms with Crippen molar-refractivity contribution in [1.82, 2.24) is 14.8 Å². The molecule has 2 aromatic heterocycles. The molecule has 1 aliphatic heterocycles. The number of anilines is 1. The number of fused-ring (bicyclic) bond motifs is 1. The van der Waals surface area contributed by atoms with Gasteiger partial charge in [0, 0.05) is 12.8 Å².